The van der Waals surface area contributed by atoms with E-state index in [9.17, 15) is 9.59 Å². The Morgan fingerprint density at radius 3 is 1.83 bits per heavy atom. The minimum atomic E-state index is -0.873. The van der Waals surface area contributed by atoms with E-state index in [1.165, 1.54) is 0 Å². The molecule has 0 fully saturated rings. The van der Waals surface area contributed by atoms with Crippen molar-refractivity contribution in [2.75, 3.05) is 0 Å². The number of aliphatic carboxylic acids is 1. The summed E-state index contributed by atoms with van der Waals surface area (Å²) in [7, 11) is 0. The maximum atomic E-state index is 9.81. The summed E-state index contributed by atoms with van der Waals surface area (Å²) in [6.07, 6.45) is 4.19. The highest BCUT2D eigenvalue weighted by Crippen LogP contribution is 1.76. The van der Waals surface area contributed by atoms with Gasteiger partial charge >= 0.3 is 5.97 Å². The normalized spacial score (nSPS) is 8.92. The summed E-state index contributed by atoms with van der Waals surface area (Å²) in [6.45, 7) is 5.32. The Morgan fingerprint density at radius 1 is 1.33 bits per heavy atom. The Balaban J connectivity index is 0. The van der Waals surface area contributed by atoms with Gasteiger partial charge in [0.1, 0.15) is 5.78 Å². The smallest absolute Gasteiger partial charge is 0.327 e. The number of hydrogen-bond acceptors (Lipinski definition) is 2. The Kier molecular flexibility index (Phi) is 11.1. The summed E-state index contributed by atoms with van der Waals surface area (Å²) in [5.74, 6) is -0.619. The third kappa shape index (κ3) is 23.2. The standard InChI is InChI=1S/C5H8O2.C4H8O/c1-2-3-4-5(6)7;1-3-4(2)5/h3-4H,2H2,1H3,(H,6,7);3H2,1-2H3. The molecular weight excluding hydrogens is 156 g/mol. The fourth-order valence-electron chi connectivity index (χ4n) is 0.219. The van der Waals surface area contributed by atoms with Crippen LogP contribution < -0.4 is 0 Å². The zero-order chi connectivity index (χ0) is 9.98. The van der Waals surface area contributed by atoms with Crippen molar-refractivity contribution in [2.45, 2.75) is 33.6 Å². The molecule has 0 rings (SSSR count). The Labute approximate surface area is 73.1 Å². The number of carbonyl (C=O) groups excluding carboxylic acids is 1. The van der Waals surface area contributed by atoms with Gasteiger partial charge in [-0.15, -0.1) is 0 Å². The molecule has 1 N–H and O–H groups in total. The maximum absolute atomic E-state index is 9.81. The van der Waals surface area contributed by atoms with E-state index < -0.39 is 5.97 Å². The Hall–Kier alpha value is -1.12. The molecule has 0 heterocycles. The molecule has 0 aliphatic rings. The lowest BCUT2D eigenvalue weighted by atomic mass is 10.4. The topological polar surface area (TPSA) is 54.4 Å². The van der Waals surface area contributed by atoms with Gasteiger partial charge < -0.3 is 9.90 Å². The largest absolute Gasteiger partial charge is 0.478 e. The molecule has 0 radical (unpaired) electrons. The summed E-state index contributed by atoms with van der Waals surface area (Å²) in [6, 6.07) is 0. The molecule has 0 aromatic carbocycles. The highest BCUT2D eigenvalue weighted by atomic mass is 16.4. The minimum Gasteiger partial charge on any atom is -0.478 e. The van der Waals surface area contributed by atoms with Crippen LogP contribution in [0.3, 0.4) is 0 Å². The lowest BCUT2D eigenvalue weighted by Crippen LogP contribution is -1.84. The van der Waals surface area contributed by atoms with Crippen LogP contribution in [0.15, 0.2) is 12.2 Å². The number of Topliss-reactive ketones (excluding diaryl/α,β-unsaturated/α-hetero) is 1. The van der Waals surface area contributed by atoms with Gasteiger partial charge in [0.2, 0.25) is 0 Å². The molecule has 70 valence electrons. The Bertz CT molecular complexity index is 159. The third-order valence-electron chi connectivity index (χ3n) is 0.994. The second-order valence-corrected chi connectivity index (χ2v) is 2.20. The summed E-state index contributed by atoms with van der Waals surface area (Å²) < 4.78 is 0. The van der Waals surface area contributed by atoms with E-state index in [1.807, 2.05) is 13.8 Å². The van der Waals surface area contributed by atoms with Crippen molar-refractivity contribution in [3.8, 4) is 0 Å². The summed E-state index contributed by atoms with van der Waals surface area (Å²) in [5, 5.41) is 7.96. The van der Waals surface area contributed by atoms with Crippen molar-refractivity contribution in [1.29, 1.82) is 0 Å². The number of allylic oxidation sites excluding steroid dienone is 1. The van der Waals surface area contributed by atoms with Crippen LogP contribution in [0.2, 0.25) is 0 Å². The number of ketones is 1. The summed E-state index contributed by atoms with van der Waals surface area (Å²) in [4.78, 5) is 19.5. The first-order valence-corrected chi connectivity index (χ1v) is 3.93. The number of carboxylic acid groups (broad SMARTS) is 1. The minimum absolute atomic E-state index is 0.255. The van der Waals surface area contributed by atoms with Crippen LogP contribution >= 0.6 is 0 Å². The molecule has 0 saturated heterocycles. The number of carbonyl (C=O) groups is 2. The van der Waals surface area contributed by atoms with E-state index in [1.54, 1.807) is 13.0 Å². The fourth-order valence-corrected chi connectivity index (χ4v) is 0.219. The first-order valence-electron chi connectivity index (χ1n) is 3.93. The van der Waals surface area contributed by atoms with Crippen molar-refractivity contribution in [3.05, 3.63) is 12.2 Å². The van der Waals surface area contributed by atoms with Gasteiger partial charge in [-0.25, -0.2) is 4.79 Å². The van der Waals surface area contributed by atoms with E-state index in [0.717, 1.165) is 12.5 Å². The van der Waals surface area contributed by atoms with Crippen molar-refractivity contribution in [2.24, 2.45) is 0 Å². The average molecular weight is 172 g/mol. The average Bonchev–Trinajstić information content (AvgIpc) is 2.02. The molecule has 0 aromatic heterocycles. The predicted octanol–water partition coefficient (Wildman–Crippen LogP) is 2.02. The molecule has 0 spiro atoms. The summed E-state index contributed by atoms with van der Waals surface area (Å²) in [5.41, 5.74) is 0. The molecule has 0 unspecified atom stereocenters. The van der Waals surface area contributed by atoms with Crippen LogP contribution in [0.25, 0.3) is 0 Å². The van der Waals surface area contributed by atoms with Gasteiger partial charge in [0.05, 0.1) is 0 Å². The van der Waals surface area contributed by atoms with Crippen molar-refractivity contribution in [3.63, 3.8) is 0 Å². The molecule has 0 aromatic rings. The van der Waals surface area contributed by atoms with Crippen molar-refractivity contribution in [1.82, 2.24) is 0 Å². The zero-order valence-corrected chi connectivity index (χ0v) is 7.83. The number of hydrogen-bond donors (Lipinski definition) is 1. The molecule has 0 aliphatic carbocycles. The first kappa shape index (κ1) is 13.5. The second-order valence-electron chi connectivity index (χ2n) is 2.20. The van der Waals surface area contributed by atoms with Crippen LogP contribution in [0.5, 0.6) is 0 Å². The molecule has 3 nitrogen and oxygen atoms in total. The van der Waals surface area contributed by atoms with E-state index in [4.69, 9.17) is 5.11 Å². The van der Waals surface area contributed by atoms with Gasteiger partial charge in [-0.3, -0.25) is 0 Å². The molecule has 0 bridgehead atoms. The highest BCUT2D eigenvalue weighted by Gasteiger charge is 1.79. The molecule has 12 heavy (non-hydrogen) atoms. The van der Waals surface area contributed by atoms with Crippen LogP contribution in [0.1, 0.15) is 33.6 Å². The van der Waals surface area contributed by atoms with Crippen molar-refractivity contribution < 1.29 is 14.7 Å². The Morgan fingerprint density at radius 2 is 1.75 bits per heavy atom. The molecule has 0 saturated carbocycles. The van der Waals surface area contributed by atoms with Crippen LogP contribution in [0.4, 0.5) is 0 Å². The van der Waals surface area contributed by atoms with Crippen LogP contribution in [-0.2, 0) is 9.59 Å². The van der Waals surface area contributed by atoms with Gasteiger partial charge in [-0.1, -0.05) is 19.9 Å². The van der Waals surface area contributed by atoms with Gasteiger partial charge in [-0.2, -0.15) is 0 Å². The quantitative estimate of drug-likeness (QED) is 0.662. The van der Waals surface area contributed by atoms with E-state index in [-0.39, 0.29) is 5.78 Å². The molecule has 0 amide bonds. The summed E-state index contributed by atoms with van der Waals surface area (Å²) >= 11 is 0. The second kappa shape index (κ2) is 9.88. The predicted molar refractivity (Wildman–Crippen MR) is 48.0 cm³/mol. The number of rotatable bonds is 3. The fraction of sp³-hybridized carbons (Fsp3) is 0.556. The lowest BCUT2D eigenvalue weighted by Gasteiger charge is -1.73. The highest BCUT2D eigenvalue weighted by molar-refractivity contribution is 5.79. The molecule has 0 atom stereocenters. The maximum Gasteiger partial charge on any atom is 0.327 e. The SMILES string of the molecule is CCC(C)=O.CCC=CC(=O)O. The van der Waals surface area contributed by atoms with Crippen molar-refractivity contribution >= 4 is 11.8 Å². The van der Waals surface area contributed by atoms with Crippen LogP contribution in [-0.4, -0.2) is 16.9 Å². The molecule has 3 heteroatoms. The molecular formula is C9H16O3. The third-order valence-corrected chi connectivity index (χ3v) is 0.994. The van der Waals surface area contributed by atoms with Gasteiger partial charge in [0.25, 0.3) is 0 Å². The van der Waals surface area contributed by atoms with E-state index in [0.29, 0.717) is 6.42 Å². The van der Waals surface area contributed by atoms with Gasteiger partial charge in [-0.05, 0) is 13.3 Å². The zero-order valence-electron chi connectivity index (χ0n) is 7.83. The number of carboxylic acids is 1. The van der Waals surface area contributed by atoms with Crippen LogP contribution in [0, 0.1) is 0 Å². The van der Waals surface area contributed by atoms with Gasteiger partial charge in [0.15, 0.2) is 0 Å². The van der Waals surface area contributed by atoms with E-state index >= 15 is 0 Å². The van der Waals surface area contributed by atoms with Gasteiger partial charge in [0, 0.05) is 12.5 Å². The lowest BCUT2D eigenvalue weighted by molar-refractivity contribution is -0.131. The van der Waals surface area contributed by atoms with E-state index in [2.05, 4.69) is 0 Å². The molecule has 0 aliphatic heterocycles. The first-order chi connectivity index (χ1) is 5.54. The monoisotopic (exact) mass is 172 g/mol.